The van der Waals surface area contributed by atoms with Crippen LogP contribution in [0.3, 0.4) is 0 Å². The Kier molecular flexibility index (Phi) is 3.69. The number of aromatic amines is 1. The summed E-state index contributed by atoms with van der Waals surface area (Å²) in [6.07, 6.45) is 5.46. The Labute approximate surface area is 130 Å². The van der Waals surface area contributed by atoms with Gasteiger partial charge in [0.05, 0.1) is 18.9 Å². The van der Waals surface area contributed by atoms with Gasteiger partial charge in [0.15, 0.2) is 0 Å². The molecule has 1 aromatic heterocycles. The third kappa shape index (κ3) is 2.66. The van der Waals surface area contributed by atoms with Crippen LogP contribution in [0.15, 0.2) is 36.4 Å². The average molecular weight is 295 g/mol. The molecule has 1 N–H and O–H groups in total. The molecule has 0 radical (unpaired) electrons. The van der Waals surface area contributed by atoms with Gasteiger partial charge in [-0.3, -0.25) is 0 Å². The first-order chi connectivity index (χ1) is 10.9. The van der Waals surface area contributed by atoms with Gasteiger partial charge >= 0.3 is 0 Å². The summed E-state index contributed by atoms with van der Waals surface area (Å²) in [6, 6.07) is 10.6. The van der Waals surface area contributed by atoms with E-state index in [1.807, 2.05) is 0 Å². The molecule has 114 valence electrons. The van der Waals surface area contributed by atoms with Gasteiger partial charge in [0, 0.05) is 18.8 Å². The number of aromatic nitrogens is 2. The molecule has 0 unspecified atom stereocenters. The number of H-pyrrole nitrogens is 1. The molecular weight excluding hydrogens is 274 g/mol. The van der Waals surface area contributed by atoms with Gasteiger partial charge in [-0.05, 0) is 30.4 Å². The minimum absolute atomic E-state index is 0.790. The van der Waals surface area contributed by atoms with Gasteiger partial charge in [-0.25, -0.2) is 4.98 Å². The van der Waals surface area contributed by atoms with Crippen molar-refractivity contribution in [2.45, 2.75) is 19.3 Å². The van der Waals surface area contributed by atoms with Gasteiger partial charge in [-0.1, -0.05) is 36.4 Å². The van der Waals surface area contributed by atoms with Gasteiger partial charge in [-0.2, -0.15) is 0 Å². The topological polar surface area (TPSA) is 41.2 Å². The minimum Gasteiger partial charge on any atom is -0.378 e. The van der Waals surface area contributed by atoms with Crippen LogP contribution in [0, 0.1) is 0 Å². The SMILES string of the molecule is C1=C(Cc2ccccc2)c2nc(N3CCOCC3)[nH]c2CC1. The number of ether oxygens (including phenoxy) is 1. The first kappa shape index (κ1) is 13.6. The second-order valence-electron chi connectivity index (χ2n) is 5.92. The molecule has 1 aliphatic heterocycles. The number of rotatable bonds is 3. The molecule has 1 saturated heterocycles. The van der Waals surface area contributed by atoms with Crippen LogP contribution in [0.2, 0.25) is 0 Å². The van der Waals surface area contributed by atoms with Crippen LogP contribution in [-0.2, 0) is 17.6 Å². The number of imidazole rings is 1. The van der Waals surface area contributed by atoms with Crippen LogP contribution in [-0.4, -0.2) is 36.3 Å². The molecule has 2 aromatic rings. The van der Waals surface area contributed by atoms with E-state index in [9.17, 15) is 0 Å². The zero-order valence-corrected chi connectivity index (χ0v) is 12.7. The molecule has 0 spiro atoms. The lowest BCUT2D eigenvalue weighted by Crippen LogP contribution is -2.36. The molecule has 0 saturated carbocycles. The number of benzene rings is 1. The summed E-state index contributed by atoms with van der Waals surface area (Å²) in [7, 11) is 0. The number of anilines is 1. The molecule has 1 aliphatic carbocycles. The highest BCUT2D eigenvalue weighted by Gasteiger charge is 2.21. The van der Waals surface area contributed by atoms with Crippen molar-refractivity contribution in [2.24, 2.45) is 0 Å². The minimum atomic E-state index is 0.790. The molecule has 4 rings (SSSR count). The molecular formula is C18H21N3O. The average Bonchev–Trinajstić information content (AvgIpc) is 3.02. The largest absolute Gasteiger partial charge is 0.378 e. The number of nitrogens with zero attached hydrogens (tertiary/aromatic N) is 2. The highest BCUT2D eigenvalue weighted by atomic mass is 16.5. The third-order valence-electron chi connectivity index (χ3n) is 4.40. The fraction of sp³-hybridized carbons (Fsp3) is 0.389. The van der Waals surface area contributed by atoms with Crippen LogP contribution in [0.25, 0.3) is 5.57 Å². The van der Waals surface area contributed by atoms with Crippen LogP contribution in [0.4, 0.5) is 5.95 Å². The maximum Gasteiger partial charge on any atom is 0.203 e. The molecule has 1 fully saturated rings. The molecule has 4 nitrogen and oxygen atoms in total. The lowest BCUT2D eigenvalue weighted by atomic mass is 9.95. The number of hydrogen-bond donors (Lipinski definition) is 1. The van der Waals surface area contributed by atoms with Crippen molar-refractivity contribution in [1.82, 2.24) is 9.97 Å². The zero-order chi connectivity index (χ0) is 14.8. The first-order valence-corrected chi connectivity index (χ1v) is 8.05. The fourth-order valence-electron chi connectivity index (χ4n) is 3.23. The van der Waals surface area contributed by atoms with E-state index >= 15 is 0 Å². The summed E-state index contributed by atoms with van der Waals surface area (Å²) in [4.78, 5) is 10.7. The number of aryl methyl sites for hydroxylation is 1. The molecule has 4 heteroatoms. The van der Waals surface area contributed by atoms with E-state index in [4.69, 9.17) is 9.72 Å². The molecule has 2 heterocycles. The maximum absolute atomic E-state index is 5.43. The molecule has 1 aromatic carbocycles. The van der Waals surface area contributed by atoms with Crippen LogP contribution in [0.1, 0.15) is 23.4 Å². The van der Waals surface area contributed by atoms with Gasteiger partial charge in [0.2, 0.25) is 5.95 Å². The van der Waals surface area contributed by atoms with Gasteiger partial charge in [0.1, 0.15) is 0 Å². The maximum atomic E-state index is 5.43. The van der Waals surface area contributed by atoms with Crippen molar-refractivity contribution in [1.29, 1.82) is 0 Å². The Morgan fingerprint density at radius 3 is 2.77 bits per heavy atom. The fourth-order valence-corrected chi connectivity index (χ4v) is 3.23. The quantitative estimate of drug-likeness (QED) is 0.946. The number of fused-ring (bicyclic) bond motifs is 1. The van der Waals surface area contributed by atoms with E-state index in [1.165, 1.54) is 16.8 Å². The van der Waals surface area contributed by atoms with Gasteiger partial charge < -0.3 is 14.6 Å². The van der Waals surface area contributed by atoms with Crippen molar-refractivity contribution in [2.75, 3.05) is 31.2 Å². The Hall–Kier alpha value is -2.07. The van der Waals surface area contributed by atoms with E-state index in [-0.39, 0.29) is 0 Å². The van der Waals surface area contributed by atoms with Crippen molar-refractivity contribution >= 4 is 11.5 Å². The van der Waals surface area contributed by atoms with E-state index in [1.54, 1.807) is 0 Å². The predicted molar refractivity (Wildman–Crippen MR) is 88.1 cm³/mol. The van der Waals surface area contributed by atoms with Crippen molar-refractivity contribution in [3.05, 3.63) is 53.4 Å². The second kappa shape index (κ2) is 5.97. The monoisotopic (exact) mass is 295 g/mol. The Balaban J connectivity index is 1.59. The normalized spacial score (nSPS) is 18.0. The first-order valence-electron chi connectivity index (χ1n) is 8.05. The molecule has 2 aliphatic rings. The van der Waals surface area contributed by atoms with Crippen molar-refractivity contribution in [3.8, 4) is 0 Å². The van der Waals surface area contributed by atoms with Crippen LogP contribution in [0.5, 0.6) is 0 Å². The lowest BCUT2D eigenvalue weighted by molar-refractivity contribution is 0.122. The third-order valence-corrected chi connectivity index (χ3v) is 4.40. The number of hydrogen-bond acceptors (Lipinski definition) is 3. The molecule has 0 bridgehead atoms. The van der Waals surface area contributed by atoms with Crippen LogP contribution < -0.4 is 4.90 Å². The number of morpholine rings is 1. The Morgan fingerprint density at radius 1 is 1.14 bits per heavy atom. The Morgan fingerprint density at radius 2 is 1.95 bits per heavy atom. The van der Waals surface area contributed by atoms with E-state index in [0.29, 0.717) is 0 Å². The lowest BCUT2D eigenvalue weighted by Gasteiger charge is -2.26. The van der Waals surface area contributed by atoms with Crippen molar-refractivity contribution < 1.29 is 4.74 Å². The summed E-state index contributed by atoms with van der Waals surface area (Å²) in [5, 5.41) is 0. The summed E-state index contributed by atoms with van der Waals surface area (Å²) < 4.78 is 5.43. The highest BCUT2D eigenvalue weighted by Crippen LogP contribution is 2.29. The van der Waals surface area contributed by atoms with E-state index in [0.717, 1.165) is 57.2 Å². The molecule has 22 heavy (non-hydrogen) atoms. The predicted octanol–water partition coefficient (Wildman–Crippen LogP) is 2.82. The zero-order valence-electron chi connectivity index (χ0n) is 12.7. The highest BCUT2D eigenvalue weighted by molar-refractivity contribution is 5.69. The summed E-state index contributed by atoms with van der Waals surface area (Å²) >= 11 is 0. The number of allylic oxidation sites excluding steroid dienone is 2. The molecule has 0 atom stereocenters. The van der Waals surface area contributed by atoms with Crippen LogP contribution >= 0.6 is 0 Å². The Bertz CT molecular complexity index is 669. The van der Waals surface area contributed by atoms with Crippen molar-refractivity contribution in [3.63, 3.8) is 0 Å². The second-order valence-corrected chi connectivity index (χ2v) is 5.92. The summed E-state index contributed by atoms with van der Waals surface area (Å²) in [5.74, 6) is 1.01. The smallest absolute Gasteiger partial charge is 0.203 e. The van der Waals surface area contributed by atoms with Gasteiger partial charge in [0.25, 0.3) is 0 Å². The van der Waals surface area contributed by atoms with Gasteiger partial charge in [-0.15, -0.1) is 0 Å². The summed E-state index contributed by atoms with van der Waals surface area (Å²) in [6.45, 7) is 3.42. The van der Waals surface area contributed by atoms with E-state index in [2.05, 4.69) is 46.3 Å². The molecule has 0 amide bonds. The standard InChI is InChI=1S/C18H21N3O/c1-2-5-14(6-3-1)13-15-7-4-8-16-17(15)20-18(19-16)21-9-11-22-12-10-21/h1-3,5-7H,4,8-13H2,(H,19,20). The van der Waals surface area contributed by atoms with E-state index < -0.39 is 0 Å². The number of nitrogens with one attached hydrogen (secondary N) is 1. The summed E-state index contributed by atoms with van der Waals surface area (Å²) in [5.41, 5.74) is 5.15.